The number of hydrogen-bond donors (Lipinski definition) is 1. The highest BCUT2D eigenvalue weighted by atomic mass is 16.5. The first-order valence-corrected chi connectivity index (χ1v) is 8.05. The molecule has 1 saturated heterocycles. The molecule has 0 radical (unpaired) electrons. The lowest BCUT2D eigenvalue weighted by Crippen LogP contribution is -2.45. The molecule has 2 aromatic rings. The van der Waals surface area contributed by atoms with E-state index < -0.39 is 0 Å². The number of nitrogens with one attached hydrogen (secondary N) is 1. The third-order valence-corrected chi connectivity index (χ3v) is 4.20. The van der Waals surface area contributed by atoms with Gasteiger partial charge in [0.15, 0.2) is 0 Å². The smallest absolute Gasteiger partial charge is 0.255 e. The normalized spacial score (nSPS) is 14.1. The van der Waals surface area contributed by atoms with E-state index in [4.69, 9.17) is 4.74 Å². The number of carbonyl (C=O) groups is 2. The van der Waals surface area contributed by atoms with Gasteiger partial charge in [0.25, 0.3) is 5.91 Å². The SMILES string of the molecule is COc1ccc(N2CCN(C=O)CC2)cc1NC(=O)c1ccncc1. The molecule has 3 rings (SSSR count). The molecule has 1 aromatic carbocycles. The number of piperazine rings is 1. The van der Waals surface area contributed by atoms with Crippen molar-refractivity contribution in [2.45, 2.75) is 0 Å². The van der Waals surface area contributed by atoms with Crippen molar-refractivity contribution < 1.29 is 14.3 Å². The molecule has 1 fully saturated rings. The summed E-state index contributed by atoms with van der Waals surface area (Å²) in [5.74, 6) is 0.376. The summed E-state index contributed by atoms with van der Waals surface area (Å²) in [6.07, 6.45) is 4.04. The Kier molecular flexibility index (Phi) is 5.13. The van der Waals surface area contributed by atoms with Gasteiger partial charge >= 0.3 is 0 Å². The van der Waals surface area contributed by atoms with E-state index in [1.165, 1.54) is 0 Å². The number of amides is 2. The van der Waals surface area contributed by atoms with Crippen LogP contribution in [0, 0.1) is 0 Å². The average molecular weight is 340 g/mol. The van der Waals surface area contributed by atoms with E-state index in [0.717, 1.165) is 25.2 Å². The van der Waals surface area contributed by atoms with Gasteiger partial charge in [-0.05, 0) is 30.3 Å². The number of rotatable bonds is 5. The monoisotopic (exact) mass is 340 g/mol. The fourth-order valence-corrected chi connectivity index (χ4v) is 2.77. The number of anilines is 2. The third kappa shape index (κ3) is 3.88. The molecule has 0 saturated carbocycles. The quantitative estimate of drug-likeness (QED) is 0.837. The standard InChI is InChI=1S/C18H20N4O3/c1-25-17-3-2-15(22-10-8-21(13-23)9-11-22)12-16(17)20-18(24)14-4-6-19-7-5-14/h2-7,12-13H,8-11H2,1H3,(H,20,24). The van der Waals surface area contributed by atoms with E-state index in [1.807, 2.05) is 18.2 Å². The van der Waals surface area contributed by atoms with Crippen molar-refractivity contribution >= 4 is 23.7 Å². The number of pyridine rings is 1. The fraction of sp³-hybridized carbons (Fsp3) is 0.278. The lowest BCUT2D eigenvalue weighted by molar-refractivity contribution is -0.118. The molecule has 0 spiro atoms. The highest BCUT2D eigenvalue weighted by molar-refractivity contribution is 6.05. The summed E-state index contributed by atoms with van der Waals surface area (Å²) in [6, 6.07) is 9.00. The van der Waals surface area contributed by atoms with Gasteiger partial charge in [0.2, 0.25) is 6.41 Å². The zero-order valence-electron chi connectivity index (χ0n) is 14.0. The van der Waals surface area contributed by atoms with Crippen LogP contribution in [0.4, 0.5) is 11.4 Å². The van der Waals surface area contributed by atoms with Crippen LogP contribution < -0.4 is 15.0 Å². The van der Waals surface area contributed by atoms with Gasteiger partial charge in [-0.1, -0.05) is 0 Å². The molecule has 0 atom stereocenters. The first kappa shape index (κ1) is 16.8. The minimum atomic E-state index is -0.219. The van der Waals surface area contributed by atoms with Gasteiger partial charge < -0.3 is 19.9 Å². The van der Waals surface area contributed by atoms with Gasteiger partial charge in [-0.2, -0.15) is 0 Å². The zero-order chi connectivity index (χ0) is 17.6. The number of methoxy groups -OCH3 is 1. The molecule has 130 valence electrons. The maximum Gasteiger partial charge on any atom is 0.255 e. The van der Waals surface area contributed by atoms with Crippen molar-refractivity contribution in [1.82, 2.24) is 9.88 Å². The second-order valence-electron chi connectivity index (χ2n) is 5.70. The summed E-state index contributed by atoms with van der Waals surface area (Å²) in [4.78, 5) is 31.1. The number of nitrogens with zero attached hydrogens (tertiary/aromatic N) is 3. The van der Waals surface area contributed by atoms with Crippen LogP contribution in [0.25, 0.3) is 0 Å². The molecule has 2 amide bonds. The largest absolute Gasteiger partial charge is 0.495 e. The molecule has 0 unspecified atom stereocenters. The van der Waals surface area contributed by atoms with Crippen LogP contribution in [-0.4, -0.2) is 55.5 Å². The Hall–Kier alpha value is -3.09. The Bertz CT molecular complexity index is 743. The lowest BCUT2D eigenvalue weighted by Gasteiger charge is -2.34. The van der Waals surface area contributed by atoms with Gasteiger partial charge in [-0.25, -0.2) is 0 Å². The van der Waals surface area contributed by atoms with Crippen LogP contribution in [0.15, 0.2) is 42.7 Å². The van der Waals surface area contributed by atoms with Crippen molar-refractivity contribution in [1.29, 1.82) is 0 Å². The van der Waals surface area contributed by atoms with Crippen LogP contribution in [-0.2, 0) is 4.79 Å². The Morgan fingerprint density at radius 3 is 2.52 bits per heavy atom. The first-order valence-electron chi connectivity index (χ1n) is 8.05. The first-order chi connectivity index (χ1) is 12.2. The van der Waals surface area contributed by atoms with Crippen LogP contribution >= 0.6 is 0 Å². The molecule has 1 N–H and O–H groups in total. The molecule has 7 heteroatoms. The van der Waals surface area contributed by atoms with Gasteiger partial charge in [0.1, 0.15) is 5.75 Å². The predicted molar refractivity (Wildman–Crippen MR) is 95.0 cm³/mol. The number of hydrogen-bond acceptors (Lipinski definition) is 5. The van der Waals surface area contributed by atoms with Crippen LogP contribution in [0.3, 0.4) is 0 Å². The molecule has 0 aliphatic carbocycles. The maximum atomic E-state index is 12.4. The van der Waals surface area contributed by atoms with Gasteiger partial charge in [0, 0.05) is 49.8 Å². The topological polar surface area (TPSA) is 74.8 Å². The van der Waals surface area contributed by atoms with Gasteiger partial charge in [-0.15, -0.1) is 0 Å². The van der Waals surface area contributed by atoms with Gasteiger partial charge in [0.05, 0.1) is 12.8 Å². The number of aromatic nitrogens is 1. The van der Waals surface area contributed by atoms with Crippen LogP contribution in [0.1, 0.15) is 10.4 Å². The zero-order valence-corrected chi connectivity index (χ0v) is 14.0. The van der Waals surface area contributed by atoms with E-state index in [-0.39, 0.29) is 5.91 Å². The molecular weight excluding hydrogens is 320 g/mol. The molecular formula is C18H20N4O3. The average Bonchev–Trinajstić information content (AvgIpc) is 2.68. The van der Waals surface area contributed by atoms with Crippen molar-refractivity contribution in [2.24, 2.45) is 0 Å². The fourth-order valence-electron chi connectivity index (χ4n) is 2.77. The molecule has 2 heterocycles. The summed E-state index contributed by atoms with van der Waals surface area (Å²) in [5, 5.41) is 2.89. The number of ether oxygens (including phenoxy) is 1. The van der Waals surface area contributed by atoms with Crippen molar-refractivity contribution in [3.05, 3.63) is 48.3 Å². The Labute approximate surface area is 146 Å². The molecule has 7 nitrogen and oxygen atoms in total. The van der Waals surface area contributed by atoms with E-state index in [2.05, 4.69) is 15.2 Å². The summed E-state index contributed by atoms with van der Waals surface area (Å²) in [6.45, 7) is 2.88. The Morgan fingerprint density at radius 2 is 1.88 bits per heavy atom. The third-order valence-electron chi connectivity index (χ3n) is 4.20. The van der Waals surface area contributed by atoms with E-state index in [0.29, 0.717) is 30.1 Å². The molecule has 1 aromatic heterocycles. The molecule has 0 bridgehead atoms. The van der Waals surface area contributed by atoms with Crippen LogP contribution in [0.2, 0.25) is 0 Å². The summed E-state index contributed by atoms with van der Waals surface area (Å²) in [7, 11) is 1.57. The van der Waals surface area contributed by atoms with E-state index >= 15 is 0 Å². The Balaban J connectivity index is 1.78. The molecule has 1 aliphatic rings. The van der Waals surface area contributed by atoms with E-state index in [1.54, 1.807) is 36.5 Å². The maximum absolute atomic E-state index is 12.4. The second kappa shape index (κ2) is 7.65. The lowest BCUT2D eigenvalue weighted by atomic mass is 10.2. The number of carbonyl (C=O) groups excluding carboxylic acids is 2. The highest BCUT2D eigenvalue weighted by Gasteiger charge is 2.18. The summed E-state index contributed by atoms with van der Waals surface area (Å²) < 4.78 is 5.36. The van der Waals surface area contributed by atoms with Crippen molar-refractivity contribution in [3.8, 4) is 5.75 Å². The molecule has 1 aliphatic heterocycles. The molecule has 25 heavy (non-hydrogen) atoms. The minimum absolute atomic E-state index is 0.219. The summed E-state index contributed by atoms with van der Waals surface area (Å²) in [5.41, 5.74) is 2.12. The second-order valence-corrected chi connectivity index (χ2v) is 5.70. The van der Waals surface area contributed by atoms with Gasteiger partial charge in [-0.3, -0.25) is 14.6 Å². The highest BCUT2D eigenvalue weighted by Crippen LogP contribution is 2.30. The van der Waals surface area contributed by atoms with Crippen molar-refractivity contribution in [3.63, 3.8) is 0 Å². The van der Waals surface area contributed by atoms with E-state index in [9.17, 15) is 9.59 Å². The predicted octanol–water partition coefficient (Wildman–Crippen LogP) is 1.62. The summed E-state index contributed by atoms with van der Waals surface area (Å²) >= 11 is 0. The van der Waals surface area contributed by atoms with Crippen LogP contribution in [0.5, 0.6) is 5.75 Å². The minimum Gasteiger partial charge on any atom is -0.495 e. The number of benzene rings is 1. The Morgan fingerprint density at radius 1 is 1.16 bits per heavy atom. The van der Waals surface area contributed by atoms with Crippen molar-refractivity contribution in [2.75, 3.05) is 43.5 Å².